The first-order chi connectivity index (χ1) is 10.6. The molecule has 1 unspecified atom stereocenters. The van der Waals surface area contributed by atoms with Gasteiger partial charge in [0.25, 0.3) is 0 Å². The van der Waals surface area contributed by atoms with E-state index in [1.807, 2.05) is 48.5 Å². The van der Waals surface area contributed by atoms with E-state index in [1.54, 1.807) is 20.2 Å². The quantitative estimate of drug-likeness (QED) is 0.842. The van der Waals surface area contributed by atoms with Gasteiger partial charge in [-0.2, -0.15) is 0 Å². The SMILES string of the molecule is CN(C)C(=O)Nc1cccc(OCC(Cl)c2ccccc2)c1. The van der Waals surface area contributed by atoms with E-state index >= 15 is 0 Å². The third kappa shape index (κ3) is 4.67. The first-order valence-electron chi connectivity index (χ1n) is 6.96. The van der Waals surface area contributed by atoms with E-state index in [1.165, 1.54) is 4.90 Å². The molecule has 4 nitrogen and oxygen atoms in total. The van der Waals surface area contributed by atoms with E-state index in [-0.39, 0.29) is 11.4 Å². The highest BCUT2D eigenvalue weighted by Gasteiger charge is 2.09. The van der Waals surface area contributed by atoms with E-state index in [9.17, 15) is 4.79 Å². The van der Waals surface area contributed by atoms with E-state index in [4.69, 9.17) is 16.3 Å². The van der Waals surface area contributed by atoms with Crippen molar-refractivity contribution in [3.05, 3.63) is 60.2 Å². The first-order valence-corrected chi connectivity index (χ1v) is 7.40. The van der Waals surface area contributed by atoms with Crippen molar-refractivity contribution in [1.29, 1.82) is 0 Å². The number of halogens is 1. The number of hydrogen-bond donors (Lipinski definition) is 1. The Bertz CT molecular complexity index is 617. The van der Waals surface area contributed by atoms with Crippen molar-refractivity contribution in [3.63, 3.8) is 0 Å². The summed E-state index contributed by atoms with van der Waals surface area (Å²) in [6.45, 7) is 0.358. The van der Waals surface area contributed by atoms with Crippen LogP contribution in [0.4, 0.5) is 10.5 Å². The second kappa shape index (κ2) is 7.71. The Labute approximate surface area is 135 Å². The molecule has 0 aliphatic rings. The molecule has 0 spiro atoms. The van der Waals surface area contributed by atoms with E-state index in [0.29, 0.717) is 18.0 Å². The van der Waals surface area contributed by atoms with Gasteiger partial charge < -0.3 is 15.0 Å². The van der Waals surface area contributed by atoms with Crippen molar-refractivity contribution in [2.24, 2.45) is 0 Å². The van der Waals surface area contributed by atoms with Crippen LogP contribution in [-0.2, 0) is 0 Å². The molecule has 0 heterocycles. The van der Waals surface area contributed by atoms with Gasteiger partial charge in [0.1, 0.15) is 12.4 Å². The minimum absolute atomic E-state index is 0.184. The molecule has 0 aromatic heterocycles. The normalized spacial score (nSPS) is 11.6. The molecule has 5 heteroatoms. The molecular formula is C17H19ClN2O2. The van der Waals surface area contributed by atoms with Gasteiger partial charge in [-0.25, -0.2) is 4.79 Å². The molecule has 2 amide bonds. The number of amides is 2. The number of benzene rings is 2. The van der Waals surface area contributed by atoms with Crippen molar-refractivity contribution in [2.45, 2.75) is 5.38 Å². The van der Waals surface area contributed by atoms with Crippen molar-refractivity contribution < 1.29 is 9.53 Å². The average molecular weight is 319 g/mol. The molecule has 0 aliphatic heterocycles. The molecule has 0 radical (unpaired) electrons. The number of alkyl halides is 1. The maximum Gasteiger partial charge on any atom is 0.321 e. The van der Waals surface area contributed by atoms with Crippen LogP contribution >= 0.6 is 11.6 Å². The van der Waals surface area contributed by atoms with Crippen LogP contribution in [0.3, 0.4) is 0 Å². The van der Waals surface area contributed by atoms with Gasteiger partial charge in [-0.05, 0) is 17.7 Å². The summed E-state index contributed by atoms with van der Waals surface area (Å²) >= 11 is 6.32. The Morgan fingerprint density at radius 1 is 1.18 bits per heavy atom. The molecular weight excluding hydrogens is 300 g/mol. The van der Waals surface area contributed by atoms with Crippen molar-refractivity contribution in [2.75, 3.05) is 26.0 Å². The summed E-state index contributed by atoms with van der Waals surface area (Å²) in [5.74, 6) is 0.665. The lowest BCUT2D eigenvalue weighted by molar-refractivity contribution is 0.230. The van der Waals surface area contributed by atoms with Gasteiger partial charge in [0.2, 0.25) is 0 Å². The predicted octanol–water partition coefficient (Wildman–Crippen LogP) is 4.14. The Hall–Kier alpha value is -2.20. The number of urea groups is 1. The summed E-state index contributed by atoms with van der Waals surface area (Å²) in [4.78, 5) is 13.1. The highest BCUT2D eigenvalue weighted by atomic mass is 35.5. The van der Waals surface area contributed by atoms with Gasteiger partial charge in [0, 0.05) is 25.8 Å². The third-order valence-electron chi connectivity index (χ3n) is 3.05. The van der Waals surface area contributed by atoms with Crippen LogP contribution in [0.2, 0.25) is 0 Å². The first kappa shape index (κ1) is 16.2. The van der Waals surface area contributed by atoms with Crippen LogP contribution in [0.15, 0.2) is 54.6 Å². The molecule has 0 aliphatic carbocycles. The van der Waals surface area contributed by atoms with Gasteiger partial charge in [-0.1, -0.05) is 36.4 Å². The zero-order valence-electron chi connectivity index (χ0n) is 12.6. The standard InChI is InChI=1S/C17H19ClN2O2/c1-20(2)17(21)19-14-9-6-10-15(11-14)22-12-16(18)13-7-4-3-5-8-13/h3-11,16H,12H2,1-2H3,(H,19,21). The van der Waals surface area contributed by atoms with E-state index in [0.717, 1.165) is 5.56 Å². The van der Waals surface area contributed by atoms with Crippen LogP contribution in [0.5, 0.6) is 5.75 Å². The molecule has 0 saturated heterocycles. The van der Waals surface area contributed by atoms with Crippen LogP contribution in [0, 0.1) is 0 Å². The predicted molar refractivity (Wildman–Crippen MR) is 89.7 cm³/mol. The Kier molecular flexibility index (Phi) is 5.67. The molecule has 22 heavy (non-hydrogen) atoms. The summed E-state index contributed by atoms with van der Waals surface area (Å²) in [6.07, 6.45) is 0. The van der Waals surface area contributed by atoms with Crippen molar-refractivity contribution in [3.8, 4) is 5.75 Å². The number of anilines is 1. The van der Waals surface area contributed by atoms with Crippen LogP contribution in [0.1, 0.15) is 10.9 Å². The van der Waals surface area contributed by atoms with E-state index in [2.05, 4.69) is 5.32 Å². The number of carbonyl (C=O) groups is 1. The fourth-order valence-electron chi connectivity index (χ4n) is 1.83. The lowest BCUT2D eigenvalue weighted by atomic mass is 10.1. The van der Waals surface area contributed by atoms with Crippen molar-refractivity contribution in [1.82, 2.24) is 4.90 Å². The monoisotopic (exact) mass is 318 g/mol. The molecule has 0 fully saturated rings. The molecule has 2 aromatic carbocycles. The molecule has 0 saturated carbocycles. The van der Waals surface area contributed by atoms with Gasteiger partial charge in [-0.3, -0.25) is 0 Å². The number of nitrogens with one attached hydrogen (secondary N) is 1. The lowest BCUT2D eigenvalue weighted by Crippen LogP contribution is -2.27. The number of ether oxygens (including phenoxy) is 1. The molecule has 1 N–H and O–H groups in total. The minimum atomic E-state index is -0.221. The second-order valence-corrected chi connectivity index (χ2v) is 5.57. The maximum atomic E-state index is 11.6. The summed E-state index contributed by atoms with van der Waals surface area (Å²) in [5, 5.41) is 2.55. The molecule has 116 valence electrons. The zero-order chi connectivity index (χ0) is 15.9. The van der Waals surface area contributed by atoms with Gasteiger partial charge in [0.05, 0.1) is 5.38 Å². The van der Waals surface area contributed by atoms with Crippen LogP contribution in [-0.4, -0.2) is 31.6 Å². The Morgan fingerprint density at radius 3 is 2.59 bits per heavy atom. The van der Waals surface area contributed by atoms with Gasteiger partial charge in [0.15, 0.2) is 0 Å². The minimum Gasteiger partial charge on any atom is -0.492 e. The maximum absolute atomic E-state index is 11.6. The van der Waals surface area contributed by atoms with Crippen molar-refractivity contribution >= 4 is 23.3 Å². The Balaban J connectivity index is 1.94. The highest BCUT2D eigenvalue weighted by molar-refractivity contribution is 6.20. The number of carbonyl (C=O) groups excluding carboxylic acids is 1. The number of hydrogen-bond acceptors (Lipinski definition) is 2. The lowest BCUT2D eigenvalue weighted by Gasteiger charge is -2.14. The number of nitrogens with zero attached hydrogens (tertiary/aromatic N) is 1. The summed E-state index contributed by atoms with van der Waals surface area (Å²) in [7, 11) is 3.38. The average Bonchev–Trinajstić information content (AvgIpc) is 2.53. The summed E-state index contributed by atoms with van der Waals surface area (Å²) in [6, 6.07) is 16.8. The Morgan fingerprint density at radius 2 is 1.91 bits per heavy atom. The topological polar surface area (TPSA) is 41.6 Å². The number of rotatable bonds is 5. The summed E-state index contributed by atoms with van der Waals surface area (Å²) < 4.78 is 5.71. The molecule has 0 bridgehead atoms. The zero-order valence-corrected chi connectivity index (χ0v) is 13.4. The van der Waals surface area contributed by atoms with Crippen LogP contribution in [0.25, 0.3) is 0 Å². The largest absolute Gasteiger partial charge is 0.492 e. The van der Waals surface area contributed by atoms with Gasteiger partial charge in [-0.15, -0.1) is 11.6 Å². The summed E-state index contributed by atoms with van der Waals surface area (Å²) in [5.41, 5.74) is 1.70. The smallest absolute Gasteiger partial charge is 0.321 e. The highest BCUT2D eigenvalue weighted by Crippen LogP contribution is 2.23. The van der Waals surface area contributed by atoms with E-state index < -0.39 is 0 Å². The third-order valence-corrected chi connectivity index (χ3v) is 3.43. The molecule has 2 rings (SSSR count). The molecule has 2 aromatic rings. The molecule has 1 atom stereocenters. The van der Waals surface area contributed by atoms with Crippen LogP contribution < -0.4 is 10.1 Å². The second-order valence-electron chi connectivity index (χ2n) is 5.04. The van der Waals surface area contributed by atoms with Gasteiger partial charge >= 0.3 is 6.03 Å². The fraction of sp³-hybridized carbons (Fsp3) is 0.235. The fourth-order valence-corrected chi connectivity index (χ4v) is 2.03.